The lowest BCUT2D eigenvalue weighted by molar-refractivity contribution is -0.131. The Bertz CT molecular complexity index is 527. The van der Waals surface area contributed by atoms with Gasteiger partial charge in [-0.3, -0.25) is 0 Å². The molecule has 20 heavy (non-hydrogen) atoms. The van der Waals surface area contributed by atoms with Crippen LogP contribution < -0.4 is 4.74 Å². The van der Waals surface area contributed by atoms with Crippen molar-refractivity contribution in [3.63, 3.8) is 0 Å². The Kier molecular flexibility index (Phi) is 6.17. The van der Waals surface area contributed by atoms with Crippen LogP contribution in [-0.4, -0.2) is 17.7 Å². The van der Waals surface area contributed by atoms with E-state index in [0.717, 1.165) is 24.3 Å². The highest BCUT2D eigenvalue weighted by molar-refractivity contribution is 5.85. The van der Waals surface area contributed by atoms with E-state index in [1.807, 2.05) is 6.07 Å². The van der Waals surface area contributed by atoms with Crippen molar-refractivity contribution in [2.24, 2.45) is 0 Å². The Balaban J connectivity index is 2.69. The fourth-order valence-corrected chi connectivity index (χ4v) is 1.46. The minimum atomic E-state index is -1.20. The number of carboxylic acids is 1. The third kappa shape index (κ3) is 5.06. The third-order valence-electron chi connectivity index (χ3n) is 2.37. The Labute approximate surface area is 114 Å². The van der Waals surface area contributed by atoms with Gasteiger partial charge < -0.3 is 9.84 Å². The lowest BCUT2D eigenvalue weighted by atomic mass is 10.2. The van der Waals surface area contributed by atoms with Crippen molar-refractivity contribution in [2.75, 3.05) is 6.61 Å². The molecule has 0 atom stereocenters. The van der Waals surface area contributed by atoms with E-state index in [2.05, 4.69) is 0 Å². The van der Waals surface area contributed by atoms with Crippen LogP contribution in [0.25, 0.3) is 6.08 Å². The summed E-state index contributed by atoms with van der Waals surface area (Å²) in [5.41, 5.74) is 0.0965. The summed E-state index contributed by atoms with van der Waals surface area (Å²) in [6, 6.07) is 3.95. The zero-order chi connectivity index (χ0) is 15.0. The topological polar surface area (TPSA) is 70.3 Å². The van der Waals surface area contributed by atoms with E-state index < -0.39 is 23.4 Å². The summed E-state index contributed by atoms with van der Waals surface area (Å²) in [6.07, 6.45) is 3.36. The molecular weight excluding hydrogens is 268 g/mol. The molecule has 0 saturated heterocycles. The maximum absolute atomic E-state index is 13.6. The number of nitriles is 1. The van der Waals surface area contributed by atoms with Crippen molar-refractivity contribution in [2.45, 2.75) is 19.3 Å². The van der Waals surface area contributed by atoms with Crippen LogP contribution in [-0.2, 0) is 4.79 Å². The Morgan fingerprint density at radius 3 is 2.55 bits per heavy atom. The molecular formula is C14H13F2NO3. The molecule has 0 aromatic heterocycles. The number of aliphatic carboxylic acids is 1. The molecule has 0 amide bonds. The van der Waals surface area contributed by atoms with Gasteiger partial charge in [0.25, 0.3) is 0 Å². The van der Waals surface area contributed by atoms with Gasteiger partial charge in [-0.15, -0.1) is 0 Å². The minimum absolute atomic E-state index is 0.0965. The molecule has 0 spiro atoms. The summed E-state index contributed by atoms with van der Waals surface area (Å²) in [6.45, 7) is 0.111. The van der Waals surface area contributed by atoms with Gasteiger partial charge in [0.05, 0.1) is 12.7 Å². The summed E-state index contributed by atoms with van der Waals surface area (Å²) in [5, 5.41) is 16.8. The molecule has 1 aromatic rings. The average Bonchev–Trinajstić information content (AvgIpc) is 2.38. The smallest absolute Gasteiger partial charge is 0.328 e. The van der Waals surface area contributed by atoms with Gasteiger partial charge in [-0.2, -0.15) is 5.26 Å². The molecule has 0 unspecified atom stereocenters. The number of ether oxygens (including phenoxy) is 1. The number of benzene rings is 1. The molecule has 0 radical (unpaired) electrons. The SMILES string of the molecule is N#CCCCCOc1c(F)cc(C=CC(=O)O)cc1F. The predicted octanol–water partition coefficient (Wildman–Crippen LogP) is 3.14. The van der Waals surface area contributed by atoms with Crippen molar-refractivity contribution in [3.05, 3.63) is 35.4 Å². The molecule has 1 aromatic carbocycles. The monoisotopic (exact) mass is 281 g/mol. The van der Waals surface area contributed by atoms with Crippen molar-refractivity contribution in [1.82, 2.24) is 0 Å². The molecule has 0 aliphatic heterocycles. The van der Waals surface area contributed by atoms with Gasteiger partial charge in [0.1, 0.15) is 0 Å². The average molecular weight is 281 g/mol. The number of hydrogen-bond acceptors (Lipinski definition) is 3. The van der Waals surface area contributed by atoms with Crippen LogP contribution in [0.3, 0.4) is 0 Å². The van der Waals surface area contributed by atoms with Crippen LogP contribution in [0.15, 0.2) is 18.2 Å². The molecule has 1 N–H and O–H groups in total. The normalized spacial score (nSPS) is 10.4. The Morgan fingerprint density at radius 1 is 1.35 bits per heavy atom. The van der Waals surface area contributed by atoms with E-state index in [1.54, 1.807) is 0 Å². The third-order valence-corrected chi connectivity index (χ3v) is 2.37. The number of halogens is 2. The molecule has 0 aliphatic rings. The largest absolute Gasteiger partial charge is 0.488 e. The van der Waals surface area contributed by atoms with Crippen molar-refractivity contribution in [1.29, 1.82) is 5.26 Å². The van der Waals surface area contributed by atoms with Crippen LogP contribution in [0.2, 0.25) is 0 Å². The summed E-state index contributed by atoms with van der Waals surface area (Å²) < 4.78 is 32.2. The molecule has 6 heteroatoms. The summed E-state index contributed by atoms with van der Waals surface area (Å²) in [7, 11) is 0. The number of unbranched alkanes of at least 4 members (excludes halogenated alkanes) is 2. The summed E-state index contributed by atoms with van der Waals surface area (Å²) in [4.78, 5) is 10.3. The van der Waals surface area contributed by atoms with Gasteiger partial charge in [0.15, 0.2) is 17.4 Å². The van der Waals surface area contributed by atoms with E-state index in [1.165, 1.54) is 0 Å². The highest BCUT2D eigenvalue weighted by atomic mass is 19.1. The maximum atomic E-state index is 13.6. The first kappa shape index (κ1) is 15.6. The van der Waals surface area contributed by atoms with Crippen molar-refractivity contribution < 1.29 is 23.4 Å². The van der Waals surface area contributed by atoms with E-state index in [0.29, 0.717) is 19.3 Å². The van der Waals surface area contributed by atoms with E-state index in [4.69, 9.17) is 15.1 Å². The van der Waals surface area contributed by atoms with Crippen LogP contribution >= 0.6 is 0 Å². The maximum Gasteiger partial charge on any atom is 0.328 e. The lowest BCUT2D eigenvalue weighted by Gasteiger charge is -2.08. The number of carboxylic acid groups (broad SMARTS) is 1. The summed E-state index contributed by atoms with van der Waals surface area (Å²) in [5.74, 6) is -3.48. The molecule has 106 valence electrons. The zero-order valence-electron chi connectivity index (χ0n) is 10.6. The van der Waals surface area contributed by atoms with Crippen molar-refractivity contribution in [3.8, 4) is 11.8 Å². The standard InChI is InChI=1S/C14H13F2NO3/c15-11-8-10(4-5-13(18)19)9-12(16)14(11)20-7-3-1-2-6-17/h4-5,8-9H,1-3,7H2,(H,18,19). The van der Waals surface area contributed by atoms with Gasteiger partial charge in [-0.05, 0) is 36.6 Å². The van der Waals surface area contributed by atoms with Crippen molar-refractivity contribution >= 4 is 12.0 Å². The molecule has 1 rings (SSSR count). The molecule has 0 fully saturated rings. The first-order valence-electron chi connectivity index (χ1n) is 5.94. The predicted molar refractivity (Wildman–Crippen MR) is 68.0 cm³/mol. The highest BCUT2D eigenvalue weighted by Gasteiger charge is 2.11. The van der Waals surface area contributed by atoms with Crippen LogP contribution in [0.4, 0.5) is 8.78 Å². The number of hydrogen-bond donors (Lipinski definition) is 1. The van der Waals surface area contributed by atoms with Crippen LogP contribution in [0.5, 0.6) is 5.75 Å². The lowest BCUT2D eigenvalue weighted by Crippen LogP contribution is -2.02. The second kappa shape index (κ2) is 7.89. The molecule has 0 saturated carbocycles. The Hall–Kier alpha value is -2.42. The van der Waals surface area contributed by atoms with Gasteiger partial charge in [-0.25, -0.2) is 13.6 Å². The molecule has 0 bridgehead atoms. The fourth-order valence-electron chi connectivity index (χ4n) is 1.46. The molecule has 4 nitrogen and oxygen atoms in total. The minimum Gasteiger partial charge on any atom is -0.488 e. The van der Waals surface area contributed by atoms with E-state index in [9.17, 15) is 13.6 Å². The van der Waals surface area contributed by atoms with Gasteiger partial charge >= 0.3 is 5.97 Å². The first-order valence-corrected chi connectivity index (χ1v) is 5.94. The van der Waals surface area contributed by atoms with E-state index >= 15 is 0 Å². The second-order valence-corrected chi connectivity index (χ2v) is 3.95. The number of carbonyl (C=O) groups is 1. The van der Waals surface area contributed by atoms with Crippen LogP contribution in [0, 0.1) is 23.0 Å². The van der Waals surface area contributed by atoms with Gasteiger partial charge in [0.2, 0.25) is 0 Å². The van der Waals surface area contributed by atoms with Gasteiger partial charge in [-0.1, -0.05) is 0 Å². The zero-order valence-corrected chi connectivity index (χ0v) is 10.6. The Morgan fingerprint density at radius 2 is 2.00 bits per heavy atom. The molecule has 0 aliphatic carbocycles. The van der Waals surface area contributed by atoms with Gasteiger partial charge in [0, 0.05) is 12.5 Å². The number of rotatable bonds is 7. The quantitative estimate of drug-likeness (QED) is 0.615. The molecule has 0 heterocycles. The second-order valence-electron chi connectivity index (χ2n) is 3.95. The number of nitrogens with zero attached hydrogens (tertiary/aromatic N) is 1. The summed E-state index contributed by atoms with van der Waals surface area (Å²) >= 11 is 0. The highest BCUT2D eigenvalue weighted by Crippen LogP contribution is 2.24. The van der Waals surface area contributed by atoms with Crippen LogP contribution in [0.1, 0.15) is 24.8 Å². The first-order chi connectivity index (χ1) is 9.54. The van der Waals surface area contributed by atoms with E-state index in [-0.39, 0.29) is 12.2 Å². The fraction of sp³-hybridized carbons (Fsp3) is 0.286.